The molecule has 0 spiro atoms. The Kier molecular flexibility index (Phi) is 6.30. The zero-order valence-electron chi connectivity index (χ0n) is 17.1. The van der Waals surface area contributed by atoms with E-state index in [1.807, 2.05) is 6.92 Å². The fourth-order valence-electron chi connectivity index (χ4n) is 3.48. The third-order valence-electron chi connectivity index (χ3n) is 5.38. The Morgan fingerprint density at radius 1 is 1.03 bits per heavy atom. The molecule has 2 unspecified atom stereocenters. The summed E-state index contributed by atoms with van der Waals surface area (Å²) in [6.07, 6.45) is 0.337. The van der Waals surface area contributed by atoms with E-state index in [1.54, 1.807) is 42.5 Å². The normalized spacial score (nSPS) is 16.2. The molecule has 3 nitrogen and oxygen atoms in total. The van der Waals surface area contributed by atoms with E-state index in [1.165, 1.54) is 12.1 Å². The first-order valence-corrected chi connectivity index (χ1v) is 10.3. The van der Waals surface area contributed by atoms with Gasteiger partial charge < -0.3 is 14.6 Å². The molecule has 3 aromatic rings. The van der Waals surface area contributed by atoms with Gasteiger partial charge in [0, 0.05) is 16.7 Å². The lowest BCUT2D eigenvalue weighted by atomic mass is 10.0. The second kappa shape index (κ2) is 9.12. The summed E-state index contributed by atoms with van der Waals surface area (Å²) in [6.45, 7) is 2.37. The molecule has 0 saturated carbocycles. The van der Waals surface area contributed by atoms with Crippen LogP contribution >= 0.6 is 0 Å². The van der Waals surface area contributed by atoms with Crippen molar-refractivity contribution in [2.75, 3.05) is 6.61 Å². The molecule has 6 heteroatoms. The van der Waals surface area contributed by atoms with Gasteiger partial charge in [-0.1, -0.05) is 49.7 Å². The van der Waals surface area contributed by atoms with Crippen LogP contribution in [0.3, 0.4) is 0 Å². The summed E-state index contributed by atoms with van der Waals surface area (Å²) in [5, 5.41) is 9.99. The van der Waals surface area contributed by atoms with Crippen molar-refractivity contribution < 1.29 is 27.8 Å². The van der Waals surface area contributed by atoms with Gasteiger partial charge in [0.2, 0.25) is 0 Å². The van der Waals surface area contributed by atoms with Crippen molar-refractivity contribution in [2.24, 2.45) is 0 Å². The van der Waals surface area contributed by atoms with Gasteiger partial charge in [0.1, 0.15) is 24.3 Å². The van der Waals surface area contributed by atoms with Crippen LogP contribution in [0.5, 0.6) is 5.75 Å². The zero-order chi connectivity index (χ0) is 22.0. The van der Waals surface area contributed by atoms with Crippen molar-refractivity contribution in [1.29, 1.82) is 0 Å². The standard InChI is InChI=1S/C25H23F3O3/c1-2-3-22(29)16-4-5-17(21(26)12-16)13-30-18-8-6-15(7-9-18)19-10-11-20(23-14-31-23)25(28)24(19)27/h4-12,22-23,29H,2-3,13-14H2,1H3. The van der Waals surface area contributed by atoms with Crippen LogP contribution in [-0.2, 0) is 11.3 Å². The maximum atomic E-state index is 14.5. The maximum absolute atomic E-state index is 14.5. The summed E-state index contributed by atoms with van der Waals surface area (Å²) < 4.78 is 53.7. The van der Waals surface area contributed by atoms with Crippen molar-refractivity contribution in [1.82, 2.24) is 0 Å². The van der Waals surface area contributed by atoms with Crippen LogP contribution < -0.4 is 4.74 Å². The highest BCUT2D eigenvalue weighted by atomic mass is 19.2. The van der Waals surface area contributed by atoms with Gasteiger partial charge in [-0.3, -0.25) is 0 Å². The molecule has 0 aliphatic carbocycles. The number of aliphatic hydroxyl groups excluding tert-OH is 1. The van der Waals surface area contributed by atoms with Crippen LogP contribution in [-0.4, -0.2) is 11.7 Å². The van der Waals surface area contributed by atoms with Gasteiger partial charge in [-0.25, -0.2) is 13.2 Å². The molecular weight excluding hydrogens is 405 g/mol. The van der Waals surface area contributed by atoms with Crippen LogP contribution in [0.25, 0.3) is 11.1 Å². The first-order valence-electron chi connectivity index (χ1n) is 10.3. The molecule has 31 heavy (non-hydrogen) atoms. The molecule has 1 aliphatic heterocycles. The lowest BCUT2D eigenvalue weighted by Gasteiger charge is -2.12. The van der Waals surface area contributed by atoms with E-state index in [0.717, 1.165) is 6.42 Å². The smallest absolute Gasteiger partial charge is 0.167 e. The lowest BCUT2D eigenvalue weighted by molar-refractivity contribution is 0.166. The van der Waals surface area contributed by atoms with Gasteiger partial charge >= 0.3 is 0 Å². The van der Waals surface area contributed by atoms with Crippen LogP contribution in [0, 0.1) is 17.5 Å². The van der Waals surface area contributed by atoms with E-state index in [2.05, 4.69) is 0 Å². The average molecular weight is 428 g/mol. The molecule has 0 bridgehead atoms. The van der Waals surface area contributed by atoms with E-state index < -0.39 is 23.6 Å². The van der Waals surface area contributed by atoms with Gasteiger partial charge in [0.05, 0.1) is 12.7 Å². The summed E-state index contributed by atoms with van der Waals surface area (Å²) in [6, 6.07) is 14.2. The van der Waals surface area contributed by atoms with E-state index >= 15 is 0 Å². The predicted molar refractivity (Wildman–Crippen MR) is 111 cm³/mol. The minimum Gasteiger partial charge on any atom is -0.489 e. The lowest BCUT2D eigenvalue weighted by Crippen LogP contribution is -2.02. The van der Waals surface area contributed by atoms with E-state index in [-0.39, 0.29) is 23.8 Å². The Bertz CT molecular complexity index is 1060. The van der Waals surface area contributed by atoms with Crippen molar-refractivity contribution in [3.8, 4) is 16.9 Å². The largest absolute Gasteiger partial charge is 0.489 e. The van der Waals surface area contributed by atoms with E-state index in [0.29, 0.717) is 35.5 Å². The SMILES string of the molecule is CCCC(O)c1ccc(COc2ccc(-c3ccc(C4CO4)c(F)c3F)cc2)c(F)c1. The first kappa shape index (κ1) is 21.4. The van der Waals surface area contributed by atoms with E-state index in [9.17, 15) is 18.3 Å². The summed E-state index contributed by atoms with van der Waals surface area (Å²) in [5.41, 5.74) is 1.80. The summed E-state index contributed by atoms with van der Waals surface area (Å²) in [4.78, 5) is 0. The Morgan fingerprint density at radius 3 is 2.42 bits per heavy atom. The number of halogens is 3. The van der Waals surface area contributed by atoms with Gasteiger partial charge in [0.25, 0.3) is 0 Å². The third-order valence-corrected chi connectivity index (χ3v) is 5.38. The van der Waals surface area contributed by atoms with Crippen molar-refractivity contribution in [3.63, 3.8) is 0 Å². The summed E-state index contributed by atoms with van der Waals surface area (Å²) >= 11 is 0. The highest BCUT2D eigenvalue weighted by Crippen LogP contribution is 2.36. The molecule has 2 atom stereocenters. The predicted octanol–water partition coefficient (Wildman–Crippen LogP) is 6.25. The minimum absolute atomic E-state index is 0.00834. The molecule has 162 valence electrons. The molecular formula is C25H23F3O3. The van der Waals surface area contributed by atoms with Crippen LogP contribution in [0.4, 0.5) is 13.2 Å². The quantitative estimate of drug-likeness (QED) is 0.431. The summed E-state index contributed by atoms with van der Waals surface area (Å²) in [5.74, 6) is -1.76. The first-order chi connectivity index (χ1) is 15.0. The highest BCUT2D eigenvalue weighted by molar-refractivity contribution is 5.65. The second-order valence-corrected chi connectivity index (χ2v) is 7.62. The monoisotopic (exact) mass is 428 g/mol. The Hall–Kier alpha value is -2.83. The number of benzene rings is 3. The number of hydrogen-bond donors (Lipinski definition) is 1. The molecule has 4 rings (SSSR count). The van der Waals surface area contributed by atoms with Crippen LogP contribution in [0.1, 0.15) is 48.7 Å². The molecule has 1 heterocycles. The average Bonchev–Trinajstić information content (AvgIpc) is 3.60. The second-order valence-electron chi connectivity index (χ2n) is 7.62. The molecule has 1 saturated heterocycles. The molecule has 1 fully saturated rings. The van der Waals surface area contributed by atoms with Crippen LogP contribution in [0.15, 0.2) is 54.6 Å². The van der Waals surface area contributed by atoms with Gasteiger partial charge in [0.15, 0.2) is 11.6 Å². The molecule has 3 aromatic carbocycles. The highest BCUT2D eigenvalue weighted by Gasteiger charge is 2.30. The third kappa shape index (κ3) is 4.75. The minimum atomic E-state index is -0.908. The van der Waals surface area contributed by atoms with Gasteiger partial charge in [-0.2, -0.15) is 0 Å². The number of aliphatic hydroxyl groups is 1. The van der Waals surface area contributed by atoms with E-state index in [4.69, 9.17) is 9.47 Å². The molecule has 0 aromatic heterocycles. The zero-order valence-corrected chi connectivity index (χ0v) is 17.1. The van der Waals surface area contributed by atoms with Gasteiger partial charge in [-0.05, 0) is 35.7 Å². The van der Waals surface area contributed by atoms with Crippen LogP contribution in [0.2, 0.25) is 0 Å². The van der Waals surface area contributed by atoms with Gasteiger partial charge in [-0.15, -0.1) is 0 Å². The molecule has 1 aliphatic rings. The van der Waals surface area contributed by atoms with Crippen molar-refractivity contribution >= 4 is 0 Å². The number of rotatable bonds is 8. The molecule has 1 N–H and O–H groups in total. The fraction of sp³-hybridized carbons (Fsp3) is 0.280. The van der Waals surface area contributed by atoms with Crippen molar-refractivity contribution in [3.05, 3.63) is 88.7 Å². The fourth-order valence-corrected chi connectivity index (χ4v) is 3.48. The van der Waals surface area contributed by atoms with Crippen molar-refractivity contribution in [2.45, 2.75) is 38.6 Å². The Balaban J connectivity index is 1.43. The number of hydrogen-bond acceptors (Lipinski definition) is 3. The Labute approximate surface area is 179 Å². The molecule has 0 amide bonds. The summed E-state index contributed by atoms with van der Waals surface area (Å²) in [7, 11) is 0. The topological polar surface area (TPSA) is 42.0 Å². The molecule has 0 radical (unpaired) electrons. The number of epoxide rings is 1. The number of ether oxygens (including phenoxy) is 2. The Morgan fingerprint density at radius 2 is 1.77 bits per heavy atom. The maximum Gasteiger partial charge on any atom is 0.167 e.